The molecule has 0 amide bonds. The first-order valence-electron chi connectivity index (χ1n) is 4.43. The van der Waals surface area contributed by atoms with Gasteiger partial charge in [-0.25, -0.2) is 4.98 Å². The Kier molecular flexibility index (Phi) is 3.14. The van der Waals surface area contributed by atoms with Crippen LogP contribution in [0, 0.1) is 17.0 Å². The molecule has 0 saturated carbocycles. The lowest BCUT2D eigenvalue weighted by atomic mass is 10.1. The number of nitrogens with zero attached hydrogens (tertiary/aromatic N) is 2. The maximum Gasteiger partial charge on any atom is 0.290 e. The van der Waals surface area contributed by atoms with Crippen LogP contribution in [0.1, 0.15) is 30.8 Å². The van der Waals surface area contributed by atoms with E-state index in [2.05, 4.69) is 4.98 Å². The summed E-state index contributed by atoms with van der Waals surface area (Å²) in [5.74, 6) is 0. The molecule has 0 radical (unpaired) electrons. The van der Waals surface area contributed by atoms with Crippen molar-refractivity contribution in [3.05, 3.63) is 33.6 Å². The van der Waals surface area contributed by atoms with Crippen LogP contribution in [0.5, 0.6) is 0 Å². The highest BCUT2D eigenvalue weighted by Gasteiger charge is 2.13. The normalized spacial score (nSPS) is 12.5. The zero-order valence-corrected chi connectivity index (χ0v) is 8.23. The van der Waals surface area contributed by atoms with Gasteiger partial charge in [0.1, 0.15) is 5.69 Å². The molecule has 0 aliphatic rings. The Morgan fingerprint density at radius 2 is 2.29 bits per heavy atom. The minimum absolute atomic E-state index is 0.0389. The summed E-state index contributed by atoms with van der Waals surface area (Å²) in [6, 6.07) is 2.92. The van der Waals surface area contributed by atoms with Crippen molar-refractivity contribution in [3.63, 3.8) is 0 Å². The predicted octanol–water partition coefficient (Wildman–Crippen LogP) is 1.71. The Balaban J connectivity index is 3.06. The van der Waals surface area contributed by atoms with E-state index in [0.717, 1.165) is 6.42 Å². The van der Waals surface area contributed by atoms with Crippen molar-refractivity contribution in [3.8, 4) is 0 Å². The van der Waals surface area contributed by atoms with E-state index in [1.807, 2.05) is 6.92 Å². The van der Waals surface area contributed by atoms with Crippen molar-refractivity contribution in [2.24, 2.45) is 5.73 Å². The molecule has 0 saturated heterocycles. The largest absolute Gasteiger partial charge is 0.323 e. The first-order chi connectivity index (χ1) is 6.56. The maximum atomic E-state index is 10.5. The number of hydrogen-bond acceptors (Lipinski definition) is 4. The van der Waals surface area contributed by atoms with Crippen molar-refractivity contribution < 1.29 is 4.92 Å². The summed E-state index contributed by atoms with van der Waals surface area (Å²) >= 11 is 0. The number of pyridine rings is 1. The van der Waals surface area contributed by atoms with Crippen molar-refractivity contribution >= 4 is 5.69 Å². The molecule has 5 heteroatoms. The number of hydrogen-bond donors (Lipinski definition) is 1. The summed E-state index contributed by atoms with van der Waals surface area (Å²) in [5.41, 5.74) is 6.91. The van der Waals surface area contributed by atoms with Gasteiger partial charge >= 0.3 is 0 Å². The van der Waals surface area contributed by atoms with Gasteiger partial charge in [-0.1, -0.05) is 6.92 Å². The van der Waals surface area contributed by atoms with Crippen LogP contribution in [0.2, 0.25) is 0 Å². The van der Waals surface area contributed by atoms with E-state index in [0.29, 0.717) is 11.4 Å². The molecule has 1 unspecified atom stereocenters. The summed E-state index contributed by atoms with van der Waals surface area (Å²) in [6.45, 7) is 3.56. The third kappa shape index (κ3) is 2.05. The third-order valence-electron chi connectivity index (χ3n) is 2.10. The van der Waals surface area contributed by atoms with Crippen LogP contribution in [0.25, 0.3) is 0 Å². The molecule has 0 fully saturated rings. The number of aromatic nitrogens is 1. The van der Waals surface area contributed by atoms with Crippen LogP contribution < -0.4 is 5.73 Å². The van der Waals surface area contributed by atoms with Gasteiger partial charge in [-0.3, -0.25) is 10.1 Å². The Hall–Kier alpha value is -1.49. The van der Waals surface area contributed by atoms with Gasteiger partial charge in [-0.05, 0) is 19.4 Å². The predicted molar refractivity (Wildman–Crippen MR) is 52.8 cm³/mol. The molecule has 0 aliphatic carbocycles. The van der Waals surface area contributed by atoms with E-state index in [4.69, 9.17) is 5.73 Å². The Bertz CT molecular complexity index is 352. The summed E-state index contributed by atoms with van der Waals surface area (Å²) in [6.07, 6.45) is 0.768. The van der Waals surface area contributed by atoms with Crippen LogP contribution in [-0.2, 0) is 0 Å². The summed E-state index contributed by atoms with van der Waals surface area (Å²) in [4.78, 5) is 14.2. The van der Waals surface area contributed by atoms with Crippen molar-refractivity contribution in [1.82, 2.24) is 4.98 Å². The highest BCUT2D eigenvalue weighted by atomic mass is 16.6. The van der Waals surface area contributed by atoms with Gasteiger partial charge in [0.15, 0.2) is 0 Å². The molecule has 76 valence electrons. The zero-order valence-electron chi connectivity index (χ0n) is 8.23. The fourth-order valence-corrected chi connectivity index (χ4v) is 1.18. The molecule has 1 aromatic heterocycles. The average molecular weight is 195 g/mol. The quantitative estimate of drug-likeness (QED) is 0.588. The van der Waals surface area contributed by atoms with E-state index in [9.17, 15) is 10.1 Å². The monoisotopic (exact) mass is 195 g/mol. The zero-order chi connectivity index (χ0) is 10.7. The lowest BCUT2D eigenvalue weighted by molar-refractivity contribution is -0.385. The summed E-state index contributed by atoms with van der Waals surface area (Å²) in [5, 5.41) is 10.5. The number of nitro groups is 1. The first-order valence-corrected chi connectivity index (χ1v) is 4.43. The van der Waals surface area contributed by atoms with E-state index >= 15 is 0 Å². The van der Waals surface area contributed by atoms with Crippen LogP contribution in [-0.4, -0.2) is 9.91 Å². The molecule has 1 aromatic rings. The van der Waals surface area contributed by atoms with Gasteiger partial charge in [0.25, 0.3) is 5.69 Å². The molecule has 5 nitrogen and oxygen atoms in total. The molecule has 0 aromatic carbocycles. The van der Waals surface area contributed by atoms with Crippen LogP contribution in [0.15, 0.2) is 12.1 Å². The fourth-order valence-electron chi connectivity index (χ4n) is 1.18. The van der Waals surface area contributed by atoms with E-state index in [-0.39, 0.29) is 11.7 Å². The van der Waals surface area contributed by atoms with Crippen LogP contribution in [0.3, 0.4) is 0 Å². The van der Waals surface area contributed by atoms with E-state index in [1.54, 1.807) is 13.0 Å². The molecule has 1 rings (SSSR count). The lowest BCUT2D eigenvalue weighted by Gasteiger charge is -2.08. The average Bonchev–Trinajstić information content (AvgIpc) is 2.15. The number of aryl methyl sites for hydroxylation is 1. The minimum atomic E-state index is -0.441. The number of nitrogens with two attached hydrogens (primary N) is 1. The Morgan fingerprint density at radius 3 is 2.71 bits per heavy atom. The van der Waals surface area contributed by atoms with Gasteiger partial charge in [0.2, 0.25) is 0 Å². The van der Waals surface area contributed by atoms with E-state index in [1.165, 1.54) is 6.07 Å². The molecule has 0 spiro atoms. The molecule has 1 heterocycles. The second kappa shape index (κ2) is 4.15. The second-order valence-corrected chi connectivity index (χ2v) is 3.11. The molecular weight excluding hydrogens is 182 g/mol. The molecule has 0 bridgehead atoms. The van der Waals surface area contributed by atoms with Gasteiger partial charge in [0.05, 0.1) is 10.6 Å². The molecule has 14 heavy (non-hydrogen) atoms. The lowest BCUT2D eigenvalue weighted by Crippen LogP contribution is -2.11. The Morgan fingerprint density at radius 1 is 1.64 bits per heavy atom. The molecule has 0 aliphatic heterocycles. The molecule has 1 atom stereocenters. The smallest absolute Gasteiger partial charge is 0.290 e. The van der Waals surface area contributed by atoms with Gasteiger partial charge in [-0.15, -0.1) is 0 Å². The summed E-state index contributed by atoms with van der Waals surface area (Å²) in [7, 11) is 0. The van der Waals surface area contributed by atoms with Crippen molar-refractivity contribution in [1.29, 1.82) is 0 Å². The topological polar surface area (TPSA) is 82.0 Å². The molecular formula is C9H13N3O2. The van der Waals surface area contributed by atoms with Crippen molar-refractivity contribution in [2.45, 2.75) is 26.3 Å². The van der Waals surface area contributed by atoms with Crippen molar-refractivity contribution in [2.75, 3.05) is 0 Å². The number of rotatable bonds is 3. The van der Waals surface area contributed by atoms with Crippen LogP contribution >= 0.6 is 0 Å². The second-order valence-electron chi connectivity index (χ2n) is 3.11. The third-order valence-corrected chi connectivity index (χ3v) is 2.10. The Labute approximate surface area is 82.1 Å². The van der Waals surface area contributed by atoms with Gasteiger partial charge in [0, 0.05) is 12.1 Å². The maximum absolute atomic E-state index is 10.5. The first kappa shape index (κ1) is 10.6. The highest BCUT2D eigenvalue weighted by molar-refractivity contribution is 5.35. The fraction of sp³-hybridized carbons (Fsp3) is 0.444. The van der Waals surface area contributed by atoms with Crippen LogP contribution in [0.4, 0.5) is 5.69 Å². The SMILES string of the molecule is CCC(N)c1ccc([N+](=O)[O-])c(C)n1. The minimum Gasteiger partial charge on any atom is -0.323 e. The van der Waals surface area contributed by atoms with Gasteiger partial charge < -0.3 is 5.73 Å². The van der Waals surface area contributed by atoms with E-state index < -0.39 is 4.92 Å². The molecule has 2 N–H and O–H groups in total. The van der Waals surface area contributed by atoms with Gasteiger partial charge in [-0.2, -0.15) is 0 Å². The summed E-state index contributed by atoms with van der Waals surface area (Å²) < 4.78 is 0. The highest BCUT2D eigenvalue weighted by Crippen LogP contribution is 2.19. The standard InChI is InChI=1S/C9H13N3O2/c1-3-7(10)8-4-5-9(12(13)14)6(2)11-8/h4-5,7H,3,10H2,1-2H3.